The monoisotopic (exact) mass is 356 g/mol. The molecule has 2 aromatic rings. The largest absolute Gasteiger partial charge is 0.445 e. The molecule has 2 aromatic carbocycles. The van der Waals surface area contributed by atoms with Gasteiger partial charge in [0.05, 0.1) is 12.6 Å². The molecule has 0 saturated heterocycles. The standard InChI is InChI=1S/C20H24N2O4/c1-15(21-20(25)26-14-17-10-6-3-7-11-17)19(24)22-18(13-23)12-16-8-4-2-5-9-16/h2-11,15,18,23H,12-14H2,1H3,(H,21,25)(H,22,24)/t15?,18-/m1/s1. The van der Waals surface area contributed by atoms with Gasteiger partial charge in [-0.2, -0.15) is 0 Å². The number of aliphatic hydroxyl groups excluding tert-OH is 1. The average Bonchev–Trinajstić information content (AvgIpc) is 2.67. The van der Waals surface area contributed by atoms with E-state index >= 15 is 0 Å². The van der Waals surface area contributed by atoms with E-state index in [1.54, 1.807) is 6.92 Å². The third-order valence-electron chi connectivity index (χ3n) is 3.83. The molecule has 0 aliphatic carbocycles. The van der Waals surface area contributed by atoms with E-state index in [9.17, 15) is 14.7 Å². The van der Waals surface area contributed by atoms with E-state index in [1.165, 1.54) is 0 Å². The number of nitrogens with one attached hydrogen (secondary N) is 2. The number of carbonyl (C=O) groups excluding carboxylic acids is 2. The van der Waals surface area contributed by atoms with Crippen LogP contribution in [0.15, 0.2) is 60.7 Å². The van der Waals surface area contributed by atoms with Gasteiger partial charge in [0.2, 0.25) is 5.91 Å². The zero-order valence-corrected chi connectivity index (χ0v) is 14.7. The minimum Gasteiger partial charge on any atom is -0.445 e. The summed E-state index contributed by atoms with van der Waals surface area (Å²) >= 11 is 0. The zero-order valence-electron chi connectivity index (χ0n) is 14.7. The molecular weight excluding hydrogens is 332 g/mol. The van der Waals surface area contributed by atoms with Crippen LogP contribution in [0.3, 0.4) is 0 Å². The van der Waals surface area contributed by atoms with Gasteiger partial charge in [0.25, 0.3) is 0 Å². The second-order valence-corrected chi connectivity index (χ2v) is 6.01. The molecule has 0 bridgehead atoms. The minimum absolute atomic E-state index is 0.133. The van der Waals surface area contributed by atoms with Crippen molar-refractivity contribution in [2.45, 2.75) is 32.0 Å². The van der Waals surface area contributed by atoms with E-state index in [-0.39, 0.29) is 19.1 Å². The van der Waals surface area contributed by atoms with Crippen molar-refractivity contribution >= 4 is 12.0 Å². The molecule has 0 radical (unpaired) electrons. The van der Waals surface area contributed by atoms with Crippen LogP contribution in [0.5, 0.6) is 0 Å². The Kier molecular flexibility index (Phi) is 7.64. The van der Waals surface area contributed by atoms with Crippen LogP contribution >= 0.6 is 0 Å². The summed E-state index contributed by atoms with van der Waals surface area (Å²) in [4.78, 5) is 24.0. The topological polar surface area (TPSA) is 87.7 Å². The molecule has 138 valence electrons. The van der Waals surface area contributed by atoms with Crippen LogP contribution < -0.4 is 10.6 Å². The van der Waals surface area contributed by atoms with Crippen LogP contribution in [0.1, 0.15) is 18.1 Å². The fourth-order valence-electron chi connectivity index (χ4n) is 2.39. The zero-order chi connectivity index (χ0) is 18.8. The summed E-state index contributed by atoms with van der Waals surface area (Å²) in [5.41, 5.74) is 1.87. The lowest BCUT2D eigenvalue weighted by Crippen LogP contribution is -2.49. The van der Waals surface area contributed by atoms with Crippen molar-refractivity contribution in [3.05, 3.63) is 71.8 Å². The molecule has 3 N–H and O–H groups in total. The molecule has 0 aliphatic heterocycles. The van der Waals surface area contributed by atoms with Crippen LogP contribution in [-0.2, 0) is 22.6 Å². The van der Waals surface area contributed by atoms with Crippen LogP contribution in [0.2, 0.25) is 0 Å². The Morgan fingerprint density at radius 2 is 1.54 bits per heavy atom. The summed E-state index contributed by atoms with van der Waals surface area (Å²) in [5, 5.41) is 14.7. The third kappa shape index (κ3) is 6.57. The highest BCUT2D eigenvalue weighted by molar-refractivity contribution is 5.85. The lowest BCUT2D eigenvalue weighted by atomic mass is 10.1. The molecule has 2 atom stereocenters. The Labute approximate surface area is 153 Å². The predicted octanol–water partition coefficient (Wildman–Crippen LogP) is 2.02. The lowest BCUT2D eigenvalue weighted by Gasteiger charge is -2.20. The Balaban J connectivity index is 1.77. The Morgan fingerprint density at radius 1 is 0.962 bits per heavy atom. The summed E-state index contributed by atoms with van der Waals surface area (Å²) in [6.07, 6.45) is -0.158. The smallest absolute Gasteiger partial charge is 0.408 e. The Morgan fingerprint density at radius 3 is 2.12 bits per heavy atom. The predicted molar refractivity (Wildman–Crippen MR) is 98.4 cm³/mol. The summed E-state index contributed by atoms with van der Waals surface area (Å²) in [7, 11) is 0. The normalized spacial score (nSPS) is 12.7. The second kappa shape index (κ2) is 10.2. The van der Waals surface area contributed by atoms with Gasteiger partial charge in [0.15, 0.2) is 0 Å². The van der Waals surface area contributed by atoms with Gasteiger partial charge in [0.1, 0.15) is 12.6 Å². The number of ether oxygens (including phenoxy) is 1. The lowest BCUT2D eigenvalue weighted by molar-refractivity contribution is -0.123. The Hall–Kier alpha value is -2.86. The molecule has 0 heterocycles. The average molecular weight is 356 g/mol. The number of rotatable bonds is 8. The van der Waals surface area contributed by atoms with Gasteiger partial charge in [-0.15, -0.1) is 0 Å². The minimum atomic E-state index is -0.775. The van der Waals surface area contributed by atoms with E-state index in [1.807, 2.05) is 60.7 Å². The molecule has 26 heavy (non-hydrogen) atoms. The van der Waals surface area contributed by atoms with Crippen LogP contribution in [-0.4, -0.2) is 35.8 Å². The number of carbonyl (C=O) groups is 2. The number of alkyl carbamates (subject to hydrolysis) is 1. The van der Waals surface area contributed by atoms with Crippen molar-refractivity contribution in [2.24, 2.45) is 0 Å². The van der Waals surface area contributed by atoms with Gasteiger partial charge in [0, 0.05) is 0 Å². The third-order valence-corrected chi connectivity index (χ3v) is 3.83. The van der Waals surface area contributed by atoms with Gasteiger partial charge in [-0.3, -0.25) is 4.79 Å². The summed E-state index contributed by atoms with van der Waals surface area (Å²) in [5.74, 6) is -0.378. The van der Waals surface area contributed by atoms with Crippen molar-refractivity contribution in [2.75, 3.05) is 6.61 Å². The Bertz CT molecular complexity index is 691. The highest BCUT2D eigenvalue weighted by atomic mass is 16.5. The van der Waals surface area contributed by atoms with E-state index in [0.717, 1.165) is 11.1 Å². The molecule has 0 aromatic heterocycles. The molecule has 1 unspecified atom stereocenters. The molecule has 6 nitrogen and oxygen atoms in total. The van der Waals surface area contributed by atoms with Crippen LogP contribution in [0.4, 0.5) is 4.79 Å². The molecule has 0 fully saturated rings. The molecule has 2 amide bonds. The number of amides is 2. The van der Waals surface area contributed by atoms with E-state index in [4.69, 9.17) is 4.74 Å². The SMILES string of the molecule is CC(NC(=O)OCc1ccccc1)C(=O)N[C@@H](CO)Cc1ccccc1. The van der Waals surface area contributed by atoms with E-state index < -0.39 is 18.2 Å². The summed E-state index contributed by atoms with van der Waals surface area (Å²) < 4.78 is 5.10. The quantitative estimate of drug-likeness (QED) is 0.675. The van der Waals surface area contributed by atoms with Gasteiger partial charge in [-0.1, -0.05) is 60.7 Å². The van der Waals surface area contributed by atoms with E-state index in [2.05, 4.69) is 10.6 Å². The number of aliphatic hydroxyl groups is 1. The highest BCUT2D eigenvalue weighted by Gasteiger charge is 2.19. The summed E-state index contributed by atoms with van der Waals surface area (Å²) in [6.45, 7) is 1.51. The molecular formula is C20H24N2O4. The first-order valence-corrected chi connectivity index (χ1v) is 8.51. The fourth-order valence-corrected chi connectivity index (χ4v) is 2.39. The van der Waals surface area contributed by atoms with Crippen LogP contribution in [0, 0.1) is 0 Å². The van der Waals surface area contributed by atoms with Crippen molar-refractivity contribution < 1.29 is 19.4 Å². The maximum absolute atomic E-state index is 12.2. The molecule has 0 spiro atoms. The first kappa shape index (κ1) is 19.5. The molecule has 2 rings (SSSR count). The van der Waals surface area contributed by atoms with Crippen LogP contribution in [0.25, 0.3) is 0 Å². The van der Waals surface area contributed by atoms with Gasteiger partial charge >= 0.3 is 6.09 Å². The van der Waals surface area contributed by atoms with Crippen molar-refractivity contribution in [3.8, 4) is 0 Å². The summed E-state index contributed by atoms with van der Waals surface area (Å²) in [6, 6.07) is 17.6. The molecule has 0 saturated carbocycles. The highest BCUT2D eigenvalue weighted by Crippen LogP contribution is 2.04. The molecule has 6 heteroatoms. The number of benzene rings is 2. The van der Waals surface area contributed by atoms with Gasteiger partial charge in [-0.05, 0) is 24.5 Å². The van der Waals surface area contributed by atoms with Gasteiger partial charge in [-0.25, -0.2) is 4.79 Å². The second-order valence-electron chi connectivity index (χ2n) is 6.01. The van der Waals surface area contributed by atoms with Crippen molar-refractivity contribution in [3.63, 3.8) is 0 Å². The van der Waals surface area contributed by atoms with Crippen molar-refractivity contribution in [1.29, 1.82) is 0 Å². The number of hydrogen-bond donors (Lipinski definition) is 3. The first-order chi connectivity index (χ1) is 12.6. The first-order valence-electron chi connectivity index (χ1n) is 8.51. The van der Waals surface area contributed by atoms with Gasteiger partial charge < -0.3 is 20.5 Å². The fraction of sp³-hybridized carbons (Fsp3) is 0.300. The maximum atomic E-state index is 12.2. The number of hydrogen-bond acceptors (Lipinski definition) is 4. The van der Waals surface area contributed by atoms with Crippen molar-refractivity contribution in [1.82, 2.24) is 10.6 Å². The maximum Gasteiger partial charge on any atom is 0.408 e. The van der Waals surface area contributed by atoms with E-state index in [0.29, 0.717) is 6.42 Å². The molecule has 0 aliphatic rings.